The summed E-state index contributed by atoms with van der Waals surface area (Å²) >= 11 is 0. The summed E-state index contributed by atoms with van der Waals surface area (Å²) in [7, 11) is 3.93. The molecule has 1 amide bonds. The molecule has 76 valence electrons. The lowest BCUT2D eigenvalue weighted by Crippen LogP contribution is -2.27. The summed E-state index contributed by atoms with van der Waals surface area (Å²) in [5.41, 5.74) is 0. The summed E-state index contributed by atoms with van der Waals surface area (Å²) in [6.45, 7) is 3.54. The highest BCUT2D eigenvalue weighted by molar-refractivity contribution is 5.75. The molecule has 0 unspecified atom stereocenters. The first-order chi connectivity index (χ1) is 6.16. The molecule has 0 aliphatic heterocycles. The summed E-state index contributed by atoms with van der Waals surface area (Å²) in [5.74, 6) is 0.137. The summed E-state index contributed by atoms with van der Waals surface area (Å²) < 4.78 is 0. The van der Waals surface area contributed by atoms with Crippen LogP contribution in [-0.4, -0.2) is 38.0 Å². The van der Waals surface area contributed by atoms with E-state index in [1.54, 1.807) is 0 Å². The molecule has 0 aromatic heterocycles. The van der Waals surface area contributed by atoms with Crippen molar-refractivity contribution in [2.24, 2.45) is 0 Å². The van der Waals surface area contributed by atoms with Crippen LogP contribution in [0.5, 0.6) is 0 Å². The van der Waals surface area contributed by atoms with E-state index in [4.69, 9.17) is 0 Å². The van der Waals surface area contributed by atoms with Crippen molar-refractivity contribution in [2.75, 3.05) is 27.2 Å². The van der Waals surface area contributed by atoms with Crippen molar-refractivity contribution in [3.05, 3.63) is 12.2 Å². The zero-order valence-electron chi connectivity index (χ0n) is 8.84. The van der Waals surface area contributed by atoms with Gasteiger partial charge in [0, 0.05) is 19.5 Å². The first kappa shape index (κ1) is 12.2. The highest BCUT2D eigenvalue weighted by atomic mass is 16.1. The second-order valence-corrected chi connectivity index (χ2v) is 3.26. The van der Waals surface area contributed by atoms with Crippen molar-refractivity contribution in [3.63, 3.8) is 0 Å². The van der Waals surface area contributed by atoms with E-state index < -0.39 is 0 Å². The van der Waals surface area contributed by atoms with E-state index in [2.05, 4.69) is 5.32 Å². The number of nitrogens with zero attached hydrogens (tertiary/aromatic N) is 1. The van der Waals surface area contributed by atoms with Crippen LogP contribution in [0.2, 0.25) is 0 Å². The van der Waals surface area contributed by atoms with Crippen LogP contribution < -0.4 is 5.32 Å². The molecule has 0 radical (unpaired) electrons. The second kappa shape index (κ2) is 7.80. The van der Waals surface area contributed by atoms with E-state index in [1.807, 2.05) is 38.1 Å². The smallest absolute Gasteiger partial charge is 0.221 e. The molecule has 0 heterocycles. The second-order valence-electron chi connectivity index (χ2n) is 3.26. The minimum absolute atomic E-state index is 0.137. The standard InChI is InChI=1S/C10H20N2O/c1-4-5-6-8-11-10(13)7-9-12(2)3/h4-5H,6-9H2,1-3H3,(H,11,13)/b5-4+. The summed E-state index contributed by atoms with van der Waals surface area (Å²) in [6, 6.07) is 0. The van der Waals surface area contributed by atoms with Crippen LogP contribution in [0.1, 0.15) is 19.8 Å². The van der Waals surface area contributed by atoms with Gasteiger partial charge in [0.15, 0.2) is 0 Å². The molecule has 1 N–H and O–H groups in total. The predicted molar refractivity (Wildman–Crippen MR) is 55.6 cm³/mol. The van der Waals surface area contributed by atoms with Crippen molar-refractivity contribution in [2.45, 2.75) is 19.8 Å². The Morgan fingerprint density at radius 1 is 1.46 bits per heavy atom. The summed E-state index contributed by atoms with van der Waals surface area (Å²) in [5, 5.41) is 2.86. The van der Waals surface area contributed by atoms with Gasteiger partial charge >= 0.3 is 0 Å². The average molecular weight is 184 g/mol. The van der Waals surface area contributed by atoms with Gasteiger partial charge in [0.25, 0.3) is 0 Å². The minimum atomic E-state index is 0.137. The third-order valence-corrected chi connectivity index (χ3v) is 1.65. The molecule has 3 nitrogen and oxygen atoms in total. The SMILES string of the molecule is C/C=C/CCNC(=O)CCN(C)C. The van der Waals surface area contributed by atoms with Gasteiger partial charge in [0.05, 0.1) is 0 Å². The lowest BCUT2D eigenvalue weighted by Gasteiger charge is -2.08. The van der Waals surface area contributed by atoms with E-state index >= 15 is 0 Å². The fraction of sp³-hybridized carbons (Fsp3) is 0.700. The maximum atomic E-state index is 11.1. The number of carbonyl (C=O) groups is 1. The number of allylic oxidation sites excluding steroid dienone is 1. The summed E-state index contributed by atoms with van der Waals surface area (Å²) in [4.78, 5) is 13.2. The Bertz CT molecular complexity index is 164. The fourth-order valence-electron chi connectivity index (χ4n) is 0.875. The third kappa shape index (κ3) is 9.08. The minimum Gasteiger partial charge on any atom is -0.356 e. The molecule has 0 fully saturated rings. The maximum Gasteiger partial charge on any atom is 0.221 e. The highest BCUT2D eigenvalue weighted by Crippen LogP contribution is 1.85. The zero-order valence-corrected chi connectivity index (χ0v) is 8.84. The van der Waals surface area contributed by atoms with Crippen molar-refractivity contribution in [1.82, 2.24) is 10.2 Å². The van der Waals surface area contributed by atoms with Crippen LogP contribution in [0.4, 0.5) is 0 Å². The molecule has 0 saturated carbocycles. The van der Waals surface area contributed by atoms with Crippen LogP contribution in [0.25, 0.3) is 0 Å². The Morgan fingerprint density at radius 2 is 2.15 bits per heavy atom. The van der Waals surface area contributed by atoms with Crippen molar-refractivity contribution in [3.8, 4) is 0 Å². The average Bonchev–Trinajstić information content (AvgIpc) is 2.09. The van der Waals surface area contributed by atoms with Gasteiger partial charge in [-0.3, -0.25) is 4.79 Å². The predicted octanol–water partition coefficient (Wildman–Crippen LogP) is 1.02. The fourth-order valence-corrected chi connectivity index (χ4v) is 0.875. The van der Waals surface area contributed by atoms with Gasteiger partial charge in [-0.25, -0.2) is 0 Å². The first-order valence-electron chi connectivity index (χ1n) is 4.69. The molecule has 13 heavy (non-hydrogen) atoms. The Labute approximate surface area is 80.8 Å². The highest BCUT2D eigenvalue weighted by Gasteiger charge is 1.99. The van der Waals surface area contributed by atoms with E-state index in [0.29, 0.717) is 6.42 Å². The first-order valence-corrected chi connectivity index (χ1v) is 4.69. The Morgan fingerprint density at radius 3 is 2.69 bits per heavy atom. The van der Waals surface area contributed by atoms with Gasteiger partial charge in [-0.05, 0) is 27.4 Å². The molecule has 0 bridgehead atoms. The molecule has 0 atom stereocenters. The lowest BCUT2D eigenvalue weighted by molar-refractivity contribution is -0.121. The maximum absolute atomic E-state index is 11.1. The molecule has 0 aromatic carbocycles. The van der Waals surface area contributed by atoms with Crippen LogP contribution in [0.15, 0.2) is 12.2 Å². The third-order valence-electron chi connectivity index (χ3n) is 1.65. The molecule has 3 heteroatoms. The van der Waals surface area contributed by atoms with Gasteiger partial charge in [-0.15, -0.1) is 0 Å². The number of rotatable bonds is 6. The molecule has 0 rings (SSSR count). The quantitative estimate of drug-likeness (QED) is 0.494. The molecule has 0 spiro atoms. The molecular formula is C10H20N2O. The summed E-state index contributed by atoms with van der Waals surface area (Å²) in [6.07, 6.45) is 5.55. The van der Waals surface area contributed by atoms with Gasteiger partial charge in [0.2, 0.25) is 5.91 Å². The van der Waals surface area contributed by atoms with Crippen LogP contribution in [0, 0.1) is 0 Å². The number of amides is 1. The van der Waals surface area contributed by atoms with Crippen molar-refractivity contribution in [1.29, 1.82) is 0 Å². The van der Waals surface area contributed by atoms with Gasteiger partial charge in [0.1, 0.15) is 0 Å². The number of carbonyl (C=O) groups excluding carboxylic acids is 1. The topological polar surface area (TPSA) is 32.3 Å². The van der Waals surface area contributed by atoms with E-state index in [0.717, 1.165) is 19.5 Å². The van der Waals surface area contributed by atoms with E-state index in [-0.39, 0.29) is 5.91 Å². The van der Waals surface area contributed by atoms with Crippen molar-refractivity contribution < 1.29 is 4.79 Å². The van der Waals surface area contributed by atoms with Gasteiger partial charge in [-0.2, -0.15) is 0 Å². The van der Waals surface area contributed by atoms with Crippen LogP contribution in [0.3, 0.4) is 0 Å². The molecule has 0 saturated heterocycles. The van der Waals surface area contributed by atoms with Gasteiger partial charge in [-0.1, -0.05) is 12.2 Å². The number of hydrogen-bond acceptors (Lipinski definition) is 2. The molecule has 0 aromatic rings. The number of hydrogen-bond donors (Lipinski definition) is 1. The normalized spacial score (nSPS) is 11.1. The molecular weight excluding hydrogens is 164 g/mol. The molecule has 0 aliphatic carbocycles. The largest absolute Gasteiger partial charge is 0.356 e. The Hall–Kier alpha value is -0.830. The Balaban J connectivity index is 3.30. The van der Waals surface area contributed by atoms with E-state index in [9.17, 15) is 4.79 Å². The van der Waals surface area contributed by atoms with Crippen molar-refractivity contribution >= 4 is 5.91 Å². The van der Waals surface area contributed by atoms with Gasteiger partial charge < -0.3 is 10.2 Å². The van der Waals surface area contributed by atoms with E-state index in [1.165, 1.54) is 0 Å². The monoisotopic (exact) mass is 184 g/mol. The lowest BCUT2D eigenvalue weighted by atomic mass is 10.3. The van der Waals surface area contributed by atoms with Crippen LogP contribution >= 0.6 is 0 Å². The molecule has 0 aliphatic rings. The van der Waals surface area contributed by atoms with Crippen LogP contribution in [-0.2, 0) is 4.79 Å². The zero-order chi connectivity index (χ0) is 10.1. The number of nitrogens with one attached hydrogen (secondary N) is 1. The Kier molecular flexibility index (Phi) is 7.30.